The molecule has 3 heteroatoms. The first kappa shape index (κ1) is 12.3. The smallest absolute Gasteiger partial charge is 0.153 e. The van der Waals surface area contributed by atoms with E-state index in [1.807, 2.05) is 13.1 Å². The normalized spacial score (nSPS) is 9.12. The molecule has 1 aromatic rings. The van der Waals surface area contributed by atoms with E-state index in [1.54, 1.807) is 19.2 Å². The van der Waals surface area contributed by atoms with Gasteiger partial charge in [0.2, 0.25) is 0 Å². The Bertz CT molecular complexity index is 416. The van der Waals surface area contributed by atoms with E-state index in [0.29, 0.717) is 11.3 Å². The first-order chi connectivity index (χ1) is 7.81. The molecule has 0 aliphatic heterocycles. The summed E-state index contributed by atoms with van der Waals surface area (Å²) in [6, 6.07) is 5.34. The van der Waals surface area contributed by atoms with Crippen LogP contribution in [0, 0.1) is 11.8 Å². The summed E-state index contributed by atoms with van der Waals surface area (Å²) >= 11 is 0. The zero-order valence-corrected chi connectivity index (χ0v) is 9.54. The predicted octanol–water partition coefficient (Wildman–Crippen LogP) is 1.47. The highest BCUT2D eigenvalue weighted by atomic mass is 16.5. The van der Waals surface area contributed by atoms with Crippen molar-refractivity contribution in [2.75, 3.05) is 20.7 Å². The molecule has 0 heterocycles. The molecule has 0 unspecified atom stereocenters. The molecule has 0 aromatic heterocycles. The quantitative estimate of drug-likeness (QED) is 0.471. The van der Waals surface area contributed by atoms with Crippen LogP contribution in [0.25, 0.3) is 0 Å². The average molecular weight is 217 g/mol. The van der Waals surface area contributed by atoms with Crippen LogP contribution in [0.3, 0.4) is 0 Å². The number of carbonyl (C=O) groups is 1. The molecule has 84 valence electrons. The van der Waals surface area contributed by atoms with Crippen LogP contribution < -0.4 is 10.1 Å². The van der Waals surface area contributed by atoms with E-state index in [0.717, 1.165) is 24.8 Å². The standard InChI is InChI=1S/C13H15NO2/c1-14-8-4-3-5-11-6-7-13(16-2)12(9-11)10-15/h6-7,9-10,14H,4,8H2,1-2H3. The Hall–Kier alpha value is -1.79. The second-order valence-electron chi connectivity index (χ2n) is 3.23. The molecule has 0 amide bonds. The molecule has 0 bridgehead atoms. The highest BCUT2D eigenvalue weighted by Crippen LogP contribution is 2.17. The number of ether oxygens (including phenoxy) is 1. The van der Waals surface area contributed by atoms with Crippen LogP contribution in [0.5, 0.6) is 5.75 Å². The van der Waals surface area contributed by atoms with E-state index in [9.17, 15) is 4.79 Å². The van der Waals surface area contributed by atoms with Crippen LogP contribution in [-0.2, 0) is 0 Å². The molecular formula is C13H15NO2. The van der Waals surface area contributed by atoms with E-state index >= 15 is 0 Å². The van der Waals surface area contributed by atoms with Crippen molar-refractivity contribution in [1.82, 2.24) is 5.32 Å². The Morgan fingerprint density at radius 2 is 2.31 bits per heavy atom. The van der Waals surface area contributed by atoms with Crippen molar-refractivity contribution >= 4 is 6.29 Å². The minimum atomic E-state index is 0.530. The maximum absolute atomic E-state index is 10.8. The summed E-state index contributed by atoms with van der Waals surface area (Å²) in [5.74, 6) is 6.60. The van der Waals surface area contributed by atoms with Gasteiger partial charge in [0.1, 0.15) is 5.75 Å². The Morgan fingerprint density at radius 1 is 1.50 bits per heavy atom. The molecule has 1 aromatic carbocycles. The molecule has 0 saturated heterocycles. The zero-order chi connectivity index (χ0) is 11.8. The van der Waals surface area contributed by atoms with Crippen molar-refractivity contribution in [2.24, 2.45) is 0 Å². The number of aldehydes is 1. The lowest BCUT2D eigenvalue weighted by Gasteiger charge is -2.02. The van der Waals surface area contributed by atoms with Crippen LogP contribution in [0.2, 0.25) is 0 Å². The van der Waals surface area contributed by atoms with E-state index in [4.69, 9.17) is 4.74 Å². The van der Waals surface area contributed by atoms with Gasteiger partial charge < -0.3 is 10.1 Å². The van der Waals surface area contributed by atoms with E-state index < -0.39 is 0 Å². The summed E-state index contributed by atoms with van der Waals surface area (Å²) in [4.78, 5) is 10.8. The molecular weight excluding hydrogens is 202 g/mol. The van der Waals surface area contributed by atoms with Crippen LogP contribution in [-0.4, -0.2) is 27.0 Å². The van der Waals surface area contributed by atoms with Crippen molar-refractivity contribution in [3.8, 4) is 17.6 Å². The Balaban J connectivity index is 2.81. The van der Waals surface area contributed by atoms with E-state index in [2.05, 4.69) is 17.2 Å². The lowest BCUT2D eigenvalue weighted by molar-refractivity contribution is 0.112. The third-order valence-corrected chi connectivity index (χ3v) is 2.09. The molecule has 0 spiro atoms. The molecule has 3 nitrogen and oxygen atoms in total. The largest absolute Gasteiger partial charge is 0.496 e. The fourth-order valence-electron chi connectivity index (χ4n) is 1.26. The third-order valence-electron chi connectivity index (χ3n) is 2.09. The van der Waals surface area contributed by atoms with Crippen LogP contribution >= 0.6 is 0 Å². The molecule has 0 atom stereocenters. The third kappa shape index (κ3) is 3.41. The van der Waals surface area contributed by atoms with E-state index in [-0.39, 0.29) is 0 Å². The Morgan fingerprint density at radius 3 is 2.94 bits per heavy atom. The van der Waals surface area contributed by atoms with Gasteiger partial charge in [-0.15, -0.1) is 0 Å². The number of carbonyl (C=O) groups excluding carboxylic acids is 1. The maximum atomic E-state index is 10.8. The van der Waals surface area contributed by atoms with Gasteiger partial charge >= 0.3 is 0 Å². The minimum absolute atomic E-state index is 0.530. The van der Waals surface area contributed by atoms with Crippen LogP contribution in [0.15, 0.2) is 18.2 Å². The molecule has 1 N–H and O–H groups in total. The van der Waals surface area contributed by atoms with Crippen LogP contribution in [0.4, 0.5) is 0 Å². The molecule has 0 saturated carbocycles. The maximum Gasteiger partial charge on any atom is 0.153 e. The molecule has 0 radical (unpaired) electrons. The van der Waals surface area contributed by atoms with Gasteiger partial charge in [-0.2, -0.15) is 0 Å². The summed E-state index contributed by atoms with van der Waals surface area (Å²) in [5, 5.41) is 3.02. The van der Waals surface area contributed by atoms with Gasteiger partial charge in [0.05, 0.1) is 12.7 Å². The van der Waals surface area contributed by atoms with Crippen LogP contribution in [0.1, 0.15) is 22.3 Å². The fourth-order valence-corrected chi connectivity index (χ4v) is 1.26. The highest BCUT2D eigenvalue weighted by Gasteiger charge is 2.01. The Labute approximate surface area is 95.8 Å². The fraction of sp³-hybridized carbons (Fsp3) is 0.308. The Kier molecular flexibility index (Phi) is 5.10. The van der Waals surface area contributed by atoms with Crippen molar-refractivity contribution in [2.45, 2.75) is 6.42 Å². The van der Waals surface area contributed by atoms with E-state index in [1.165, 1.54) is 0 Å². The van der Waals surface area contributed by atoms with Crippen molar-refractivity contribution in [1.29, 1.82) is 0 Å². The summed E-state index contributed by atoms with van der Waals surface area (Å²) in [7, 11) is 3.43. The molecule has 1 rings (SSSR count). The van der Waals surface area contributed by atoms with Gasteiger partial charge in [0.25, 0.3) is 0 Å². The summed E-state index contributed by atoms with van der Waals surface area (Å²) < 4.78 is 5.04. The molecule has 0 fully saturated rings. The average Bonchev–Trinajstić information content (AvgIpc) is 2.34. The number of hydrogen-bond acceptors (Lipinski definition) is 3. The van der Waals surface area contributed by atoms with Gasteiger partial charge in [-0.25, -0.2) is 0 Å². The second kappa shape index (κ2) is 6.65. The zero-order valence-electron chi connectivity index (χ0n) is 9.54. The summed E-state index contributed by atoms with van der Waals surface area (Å²) in [6.45, 7) is 0.865. The van der Waals surface area contributed by atoms with Crippen molar-refractivity contribution in [3.63, 3.8) is 0 Å². The first-order valence-corrected chi connectivity index (χ1v) is 5.08. The number of methoxy groups -OCH3 is 1. The lowest BCUT2D eigenvalue weighted by Crippen LogP contribution is -2.05. The molecule has 16 heavy (non-hydrogen) atoms. The van der Waals surface area contributed by atoms with Gasteiger partial charge in [-0.05, 0) is 25.2 Å². The minimum Gasteiger partial charge on any atom is -0.496 e. The SMILES string of the molecule is CNCCC#Cc1ccc(OC)c(C=O)c1. The molecule has 0 aliphatic carbocycles. The van der Waals surface area contributed by atoms with Gasteiger partial charge in [-0.3, -0.25) is 4.79 Å². The van der Waals surface area contributed by atoms with Gasteiger partial charge in [-0.1, -0.05) is 11.8 Å². The number of hydrogen-bond donors (Lipinski definition) is 1. The molecule has 0 aliphatic rings. The topological polar surface area (TPSA) is 38.3 Å². The van der Waals surface area contributed by atoms with Gasteiger partial charge in [0.15, 0.2) is 6.29 Å². The monoisotopic (exact) mass is 217 g/mol. The summed E-state index contributed by atoms with van der Waals surface area (Å²) in [5.41, 5.74) is 1.36. The first-order valence-electron chi connectivity index (χ1n) is 5.08. The van der Waals surface area contributed by atoms with Crippen molar-refractivity contribution < 1.29 is 9.53 Å². The number of benzene rings is 1. The number of rotatable bonds is 4. The second-order valence-corrected chi connectivity index (χ2v) is 3.23. The highest BCUT2D eigenvalue weighted by molar-refractivity contribution is 5.80. The van der Waals surface area contributed by atoms with Crippen molar-refractivity contribution in [3.05, 3.63) is 29.3 Å². The summed E-state index contributed by atoms with van der Waals surface area (Å²) in [6.07, 6.45) is 1.57. The predicted molar refractivity (Wildman–Crippen MR) is 63.8 cm³/mol. The van der Waals surface area contributed by atoms with Gasteiger partial charge in [0, 0.05) is 18.5 Å². The lowest BCUT2D eigenvalue weighted by atomic mass is 10.1. The number of nitrogens with one attached hydrogen (secondary N) is 1.